The number of carbonyl (C=O) groups excluding carboxylic acids is 1. The molecule has 0 unspecified atom stereocenters. The number of rotatable bonds is 8. The molecule has 0 atom stereocenters. The van der Waals surface area contributed by atoms with E-state index >= 15 is 0 Å². The topological polar surface area (TPSA) is 154 Å². The van der Waals surface area contributed by atoms with Crippen molar-refractivity contribution in [3.8, 4) is 0 Å². The number of aromatic carboxylic acids is 3. The third kappa shape index (κ3) is 5.26. The first kappa shape index (κ1) is 27.6. The quantitative estimate of drug-likeness (QED) is 0.213. The fourth-order valence-electron chi connectivity index (χ4n) is 5.02. The van der Waals surface area contributed by atoms with Crippen LogP contribution in [-0.2, 0) is 0 Å². The smallest absolute Gasteiger partial charge is 0.335 e. The van der Waals surface area contributed by atoms with E-state index in [9.17, 15) is 34.5 Å². The molecule has 4 aromatic carbocycles. The monoisotopic (exact) mass is 558 g/mol. The summed E-state index contributed by atoms with van der Waals surface area (Å²) in [4.78, 5) is 56.5. The van der Waals surface area contributed by atoms with Gasteiger partial charge in [-0.05, 0) is 82.4 Å². The van der Waals surface area contributed by atoms with Gasteiger partial charge in [0.25, 0.3) is 0 Å². The first-order valence-corrected chi connectivity index (χ1v) is 12.6. The van der Waals surface area contributed by atoms with Crippen LogP contribution in [0.3, 0.4) is 0 Å². The summed E-state index contributed by atoms with van der Waals surface area (Å²) in [6.45, 7) is 3.62. The summed E-state index contributed by atoms with van der Waals surface area (Å²) in [7, 11) is 0. The number of hydrogen-bond acceptors (Lipinski definition) is 6. The van der Waals surface area contributed by atoms with Gasteiger partial charge in [0.15, 0.2) is 0 Å². The minimum atomic E-state index is -1.29. The van der Waals surface area contributed by atoms with Gasteiger partial charge in [-0.25, -0.2) is 14.4 Å². The number of carboxylic acids is 3. The summed E-state index contributed by atoms with van der Waals surface area (Å²) in [5.41, 5.74) is 3.13. The molecule has 0 saturated carbocycles. The molecule has 0 spiro atoms. The first-order valence-electron chi connectivity index (χ1n) is 12.6. The van der Waals surface area contributed by atoms with Crippen LogP contribution in [0.4, 0.5) is 11.4 Å². The first-order chi connectivity index (χ1) is 20.2. The van der Waals surface area contributed by atoms with E-state index in [-0.39, 0.29) is 28.7 Å². The third-order valence-electron chi connectivity index (χ3n) is 6.86. The van der Waals surface area contributed by atoms with E-state index in [1.165, 1.54) is 24.3 Å². The number of benzene rings is 4. The standard InChI is InChI=1S/C33H22N2O7/c1-34-27-8-4-5-9-28(27)35-29-16-26(19-10-18(17-36)11-21(12-19)31(37)38)24-6-2-3-7-25(24)30(29)20-13-22(32(39)40)15-23(14-20)33(41)42/h2-15,17H,1,16H2,(H,37,38)(H,39,40)(H,41,42). The Morgan fingerprint density at radius 2 is 1.24 bits per heavy atom. The SMILES string of the molecule is C=Nc1ccccc1N=C1CC(c2cc(C=O)cc(C(=O)O)c2)=c2ccccc2=C1c1cc(C(=O)O)cc(C(=O)O)c1. The number of fused-ring (bicyclic) bond motifs is 1. The second-order valence-electron chi connectivity index (χ2n) is 9.46. The number of carboxylic acid groups (broad SMARTS) is 3. The third-order valence-corrected chi connectivity index (χ3v) is 6.86. The molecule has 3 N–H and O–H groups in total. The Morgan fingerprint density at radius 1 is 0.690 bits per heavy atom. The van der Waals surface area contributed by atoms with Gasteiger partial charge in [0.1, 0.15) is 6.29 Å². The molecule has 9 nitrogen and oxygen atoms in total. The Labute approximate surface area is 238 Å². The molecule has 42 heavy (non-hydrogen) atoms. The molecule has 0 aromatic heterocycles. The molecular weight excluding hydrogens is 536 g/mol. The summed E-state index contributed by atoms with van der Waals surface area (Å²) in [6.07, 6.45) is 0.716. The van der Waals surface area contributed by atoms with Crippen molar-refractivity contribution in [1.29, 1.82) is 0 Å². The lowest BCUT2D eigenvalue weighted by atomic mass is 9.83. The van der Waals surface area contributed by atoms with Crippen molar-refractivity contribution in [2.45, 2.75) is 6.42 Å². The van der Waals surface area contributed by atoms with E-state index in [4.69, 9.17) is 4.99 Å². The molecule has 1 aliphatic rings. The molecule has 0 bridgehead atoms. The van der Waals surface area contributed by atoms with E-state index in [1.807, 2.05) is 6.07 Å². The Bertz CT molecular complexity index is 1960. The van der Waals surface area contributed by atoms with Crippen molar-refractivity contribution in [1.82, 2.24) is 0 Å². The predicted molar refractivity (Wildman–Crippen MR) is 157 cm³/mol. The molecule has 0 fully saturated rings. The molecule has 0 saturated heterocycles. The van der Waals surface area contributed by atoms with Crippen LogP contribution in [0.1, 0.15) is 59.0 Å². The minimum Gasteiger partial charge on any atom is -0.478 e. The lowest BCUT2D eigenvalue weighted by Crippen LogP contribution is -2.36. The lowest BCUT2D eigenvalue weighted by Gasteiger charge is -2.21. The van der Waals surface area contributed by atoms with Gasteiger partial charge in [0.2, 0.25) is 0 Å². The zero-order valence-corrected chi connectivity index (χ0v) is 21.9. The van der Waals surface area contributed by atoms with Gasteiger partial charge >= 0.3 is 17.9 Å². The summed E-state index contributed by atoms with van der Waals surface area (Å²) in [5, 5.41) is 30.5. The summed E-state index contributed by atoms with van der Waals surface area (Å²) < 4.78 is 0. The molecule has 0 radical (unpaired) electrons. The maximum Gasteiger partial charge on any atom is 0.335 e. The Hall–Kier alpha value is -5.96. The van der Waals surface area contributed by atoms with Crippen LogP contribution in [0.15, 0.2) is 94.9 Å². The van der Waals surface area contributed by atoms with Crippen molar-refractivity contribution in [2.75, 3.05) is 0 Å². The molecule has 0 amide bonds. The highest BCUT2D eigenvalue weighted by molar-refractivity contribution is 6.28. The van der Waals surface area contributed by atoms with Gasteiger partial charge in [-0.2, -0.15) is 0 Å². The van der Waals surface area contributed by atoms with Crippen LogP contribution in [0, 0.1) is 0 Å². The zero-order valence-electron chi connectivity index (χ0n) is 21.9. The summed E-state index contributed by atoms with van der Waals surface area (Å²) in [5.74, 6) is -3.77. The van der Waals surface area contributed by atoms with Crippen LogP contribution < -0.4 is 10.4 Å². The summed E-state index contributed by atoms with van der Waals surface area (Å²) >= 11 is 0. The van der Waals surface area contributed by atoms with Gasteiger partial charge in [-0.3, -0.25) is 14.8 Å². The molecule has 4 aromatic rings. The summed E-state index contributed by atoms with van der Waals surface area (Å²) in [6, 6.07) is 22.5. The van der Waals surface area contributed by atoms with Crippen molar-refractivity contribution in [2.24, 2.45) is 9.98 Å². The molecule has 5 rings (SSSR count). The van der Waals surface area contributed by atoms with Gasteiger partial charge in [0, 0.05) is 17.6 Å². The normalized spacial score (nSPS) is 13.4. The lowest BCUT2D eigenvalue weighted by molar-refractivity contribution is 0.0682. The maximum atomic E-state index is 12.0. The van der Waals surface area contributed by atoms with Gasteiger partial charge in [-0.15, -0.1) is 0 Å². The van der Waals surface area contributed by atoms with Crippen LogP contribution >= 0.6 is 0 Å². The van der Waals surface area contributed by atoms with E-state index in [0.717, 1.165) is 6.07 Å². The number of aldehydes is 1. The highest BCUT2D eigenvalue weighted by atomic mass is 16.4. The molecular formula is C33H22N2O7. The average Bonchev–Trinajstić information content (AvgIpc) is 3.00. The van der Waals surface area contributed by atoms with Gasteiger partial charge < -0.3 is 15.3 Å². The Morgan fingerprint density at radius 3 is 1.83 bits per heavy atom. The predicted octanol–water partition coefficient (Wildman–Crippen LogP) is 4.50. The van der Waals surface area contributed by atoms with Crippen molar-refractivity contribution in [3.63, 3.8) is 0 Å². The van der Waals surface area contributed by atoms with Gasteiger partial charge in [-0.1, -0.05) is 36.4 Å². The van der Waals surface area contributed by atoms with Crippen LogP contribution in [-0.4, -0.2) is 51.9 Å². The van der Waals surface area contributed by atoms with Crippen molar-refractivity contribution >= 4 is 59.1 Å². The highest BCUT2D eigenvalue weighted by Crippen LogP contribution is 2.32. The van der Waals surface area contributed by atoms with Crippen molar-refractivity contribution in [3.05, 3.63) is 129 Å². The number of hydrogen-bond donors (Lipinski definition) is 3. The largest absolute Gasteiger partial charge is 0.478 e. The number of aliphatic imine (C=N–C) groups is 2. The zero-order chi connectivity index (χ0) is 30.0. The second kappa shape index (κ2) is 11.3. The van der Waals surface area contributed by atoms with Crippen LogP contribution in [0.5, 0.6) is 0 Å². The van der Waals surface area contributed by atoms with Gasteiger partial charge in [0.05, 0.1) is 33.8 Å². The Balaban J connectivity index is 1.94. The fourth-order valence-corrected chi connectivity index (χ4v) is 5.02. The maximum absolute atomic E-state index is 12.0. The molecule has 0 aliphatic heterocycles. The van der Waals surface area contributed by atoms with Crippen LogP contribution in [0.25, 0.3) is 11.1 Å². The van der Waals surface area contributed by atoms with E-state index in [2.05, 4.69) is 11.7 Å². The van der Waals surface area contributed by atoms with Crippen LogP contribution in [0.2, 0.25) is 0 Å². The molecule has 9 heteroatoms. The van der Waals surface area contributed by atoms with Crippen molar-refractivity contribution < 1.29 is 34.5 Å². The number of carbonyl (C=O) groups is 4. The molecule has 1 aliphatic carbocycles. The Kier molecular flexibility index (Phi) is 7.40. The van der Waals surface area contributed by atoms with E-state index < -0.39 is 17.9 Å². The minimum absolute atomic E-state index is 0.0608. The fraction of sp³-hybridized carbons (Fsp3) is 0.0303. The number of nitrogens with zero attached hydrogens (tertiary/aromatic N) is 2. The average molecular weight is 559 g/mol. The van der Waals surface area contributed by atoms with E-state index in [0.29, 0.717) is 56.1 Å². The number of para-hydroxylation sites is 2. The highest BCUT2D eigenvalue weighted by Gasteiger charge is 2.24. The second-order valence-corrected chi connectivity index (χ2v) is 9.46. The molecule has 0 heterocycles. The molecule has 206 valence electrons. The van der Waals surface area contributed by atoms with E-state index in [1.54, 1.807) is 48.5 Å².